The third-order valence-corrected chi connectivity index (χ3v) is 9.56. The average Bonchev–Trinajstić information content (AvgIpc) is 3.44. The number of para-hydroxylation sites is 2. The summed E-state index contributed by atoms with van der Waals surface area (Å²) in [5.74, 6) is 0.264. The van der Waals surface area contributed by atoms with E-state index in [4.69, 9.17) is 4.98 Å². The molecule has 0 saturated heterocycles. The number of aromatic nitrogens is 3. The molecular weight excluding hydrogens is 529 g/mol. The first-order valence-electron chi connectivity index (χ1n) is 13.1. The molecule has 2 aromatic carbocycles. The molecule has 3 aromatic heterocycles. The standard InChI is InChI=1S/C31H28FN3O2S2/c1-18-13-14-22-27(15-18)39-29-28(22)30(37)35(21-9-5-4-6-10-21)31(33-29)38-17-26(36)23-16-19(2)34(20(23)3)25-12-8-7-11-24(25)32/h4-12,16,18H,13-15,17H2,1-3H3. The molecule has 198 valence electrons. The van der Waals surface area contributed by atoms with Crippen molar-refractivity contribution in [2.45, 2.75) is 45.2 Å². The van der Waals surface area contributed by atoms with Gasteiger partial charge in [0.1, 0.15) is 10.6 Å². The molecule has 1 unspecified atom stereocenters. The lowest BCUT2D eigenvalue weighted by Gasteiger charge is -2.17. The number of fused-ring (bicyclic) bond motifs is 3. The van der Waals surface area contributed by atoms with Crippen LogP contribution in [0.3, 0.4) is 0 Å². The Balaban J connectivity index is 1.38. The highest BCUT2D eigenvalue weighted by atomic mass is 32.2. The second-order valence-corrected chi connectivity index (χ2v) is 12.2. The van der Waals surface area contributed by atoms with E-state index in [0.29, 0.717) is 28.0 Å². The van der Waals surface area contributed by atoms with Crippen LogP contribution in [0.4, 0.5) is 4.39 Å². The van der Waals surface area contributed by atoms with E-state index in [1.165, 1.54) is 22.7 Å². The quantitative estimate of drug-likeness (QED) is 0.127. The molecule has 0 N–H and O–H groups in total. The zero-order chi connectivity index (χ0) is 27.3. The molecule has 1 atom stereocenters. The third kappa shape index (κ3) is 4.55. The van der Waals surface area contributed by atoms with Crippen LogP contribution in [0.5, 0.6) is 0 Å². The normalized spacial score (nSPS) is 15.0. The Kier molecular flexibility index (Phi) is 6.77. The van der Waals surface area contributed by atoms with Gasteiger partial charge in [-0.3, -0.25) is 14.2 Å². The lowest BCUT2D eigenvalue weighted by Crippen LogP contribution is -2.23. The van der Waals surface area contributed by atoms with Crippen LogP contribution in [0.1, 0.15) is 45.5 Å². The van der Waals surface area contributed by atoms with E-state index in [-0.39, 0.29) is 22.9 Å². The topological polar surface area (TPSA) is 56.9 Å². The largest absolute Gasteiger partial charge is 0.315 e. The molecule has 5 aromatic rings. The van der Waals surface area contributed by atoms with Crippen molar-refractivity contribution in [3.63, 3.8) is 0 Å². The summed E-state index contributed by atoms with van der Waals surface area (Å²) in [5, 5.41) is 1.22. The minimum atomic E-state index is -0.343. The number of aryl methyl sites for hydroxylation is 2. The van der Waals surface area contributed by atoms with Crippen molar-refractivity contribution in [1.29, 1.82) is 0 Å². The smallest absolute Gasteiger partial charge is 0.267 e. The summed E-state index contributed by atoms with van der Waals surface area (Å²) in [4.78, 5) is 34.4. The minimum Gasteiger partial charge on any atom is -0.315 e. The number of thiophene rings is 1. The SMILES string of the molecule is Cc1cc(C(=O)CSc2nc3sc4c(c3c(=O)n2-c2ccccc2)CCC(C)C4)c(C)n1-c1ccccc1F. The first kappa shape index (κ1) is 25.8. The first-order valence-corrected chi connectivity index (χ1v) is 14.9. The molecule has 8 heteroatoms. The molecule has 39 heavy (non-hydrogen) atoms. The lowest BCUT2D eigenvalue weighted by atomic mass is 9.89. The number of carbonyl (C=O) groups excluding carboxylic acids is 1. The molecule has 5 nitrogen and oxygen atoms in total. The summed E-state index contributed by atoms with van der Waals surface area (Å²) >= 11 is 2.88. The van der Waals surface area contributed by atoms with Crippen molar-refractivity contribution >= 4 is 39.1 Å². The molecule has 0 spiro atoms. The zero-order valence-corrected chi connectivity index (χ0v) is 23.7. The fourth-order valence-electron chi connectivity index (χ4n) is 5.53. The van der Waals surface area contributed by atoms with Crippen LogP contribution < -0.4 is 5.56 Å². The number of halogens is 1. The Bertz CT molecular complexity index is 1790. The van der Waals surface area contributed by atoms with Crippen molar-refractivity contribution in [2.24, 2.45) is 5.92 Å². The van der Waals surface area contributed by atoms with E-state index in [0.717, 1.165) is 46.4 Å². The van der Waals surface area contributed by atoms with Gasteiger partial charge in [0.25, 0.3) is 5.56 Å². The van der Waals surface area contributed by atoms with Gasteiger partial charge in [0.05, 0.1) is 22.5 Å². The monoisotopic (exact) mass is 557 g/mol. The Morgan fingerprint density at radius 2 is 1.85 bits per heavy atom. The molecule has 0 bridgehead atoms. The van der Waals surface area contributed by atoms with Gasteiger partial charge in [-0.25, -0.2) is 9.37 Å². The molecule has 1 aliphatic carbocycles. The fraction of sp³-hybridized carbons (Fsp3) is 0.258. The molecule has 0 amide bonds. The van der Waals surface area contributed by atoms with E-state index in [9.17, 15) is 14.0 Å². The van der Waals surface area contributed by atoms with Crippen LogP contribution in [-0.4, -0.2) is 25.7 Å². The molecule has 1 aliphatic rings. The average molecular weight is 558 g/mol. The van der Waals surface area contributed by atoms with E-state index < -0.39 is 0 Å². The predicted octanol–water partition coefficient (Wildman–Crippen LogP) is 7.09. The second-order valence-electron chi connectivity index (χ2n) is 10.2. The van der Waals surface area contributed by atoms with Crippen molar-refractivity contribution < 1.29 is 9.18 Å². The third-order valence-electron chi connectivity index (χ3n) is 7.47. The summed E-state index contributed by atoms with van der Waals surface area (Å²) in [6, 6.07) is 17.8. The van der Waals surface area contributed by atoms with Gasteiger partial charge in [0.15, 0.2) is 10.9 Å². The fourth-order valence-corrected chi connectivity index (χ4v) is 7.85. The molecular formula is C31H28FN3O2S2. The van der Waals surface area contributed by atoms with Crippen LogP contribution in [-0.2, 0) is 12.8 Å². The first-order chi connectivity index (χ1) is 18.8. The highest BCUT2D eigenvalue weighted by Crippen LogP contribution is 2.37. The maximum absolute atomic E-state index is 14.5. The number of hydrogen-bond donors (Lipinski definition) is 0. The van der Waals surface area contributed by atoms with Crippen LogP contribution in [0.25, 0.3) is 21.6 Å². The number of hydrogen-bond acceptors (Lipinski definition) is 5. The number of ketones is 1. The van der Waals surface area contributed by atoms with Gasteiger partial charge in [-0.15, -0.1) is 11.3 Å². The molecule has 0 aliphatic heterocycles. The lowest BCUT2D eigenvalue weighted by molar-refractivity contribution is 0.102. The molecule has 3 heterocycles. The summed E-state index contributed by atoms with van der Waals surface area (Å²) in [7, 11) is 0. The number of thioether (sulfide) groups is 1. The van der Waals surface area contributed by atoms with Crippen molar-refractivity contribution in [3.05, 3.63) is 104 Å². The van der Waals surface area contributed by atoms with Gasteiger partial charge in [-0.1, -0.05) is 49.0 Å². The zero-order valence-electron chi connectivity index (χ0n) is 22.0. The van der Waals surface area contributed by atoms with Crippen LogP contribution in [0, 0.1) is 25.6 Å². The second kappa shape index (κ2) is 10.2. The van der Waals surface area contributed by atoms with Gasteiger partial charge in [0.2, 0.25) is 0 Å². The summed E-state index contributed by atoms with van der Waals surface area (Å²) < 4.78 is 18.0. The van der Waals surface area contributed by atoms with Crippen molar-refractivity contribution in [3.8, 4) is 11.4 Å². The maximum Gasteiger partial charge on any atom is 0.267 e. The van der Waals surface area contributed by atoms with E-state index in [2.05, 4.69) is 6.92 Å². The van der Waals surface area contributed by atoms with Crippen molar-refractivity contribution in [1.82, 2.24) is 14.1 Å². The maximum atomic E-state index is 14.5. The van der Waals surface area contributed by atoms with Gasteiger partial charge in [-0.2, -0.15) is 0 Å². The number of carbonyl (C=O) groups is 1. The van der Waals surface area contributed by atoms with Gasteiger partial charge >= 0.3 is 0 Å². The van der Waals surface area contributed by atoms with E-state index >= 15 is 0 Å². The van der Waals surface area contributed by atoms with E-state index in [1.807, 2.05) is 44.2 Å². The Morgan fingerprint density at radius 3 is 2.62 bits per heavy atom. The predicted molar refractivity (Wildman–Crippen MR) is 157 cm³/mol. The van der Waals surface area contributed by atoms with Crippen LogP contribution in [0.15, 0.2) is 70.6 Å². The Morgan fingerprint density at radius 1 is 1.10 bits per heavy atom. The van der Waals surface area contributed by atoms with Crippen molar-refractivity contribution in [2.75, 3.05) is 5.75 Å². The minimum absolute atomic E-state index is 0.0778. The highest BCUT2D eigenvalue weighted by Gasteiger charge is 2.26. The summed E-state index contributed by atoms with van der Waals surface area (Å²) in [6.07, 6.45) is 2.93. The molecule has 6 rings (SSSR count). The van der Waals surface area contributed by atoms with Gasteiger partial charge in [-0.05, 0) is 74.9 Å². The van der Waals surface area contributed by atoms with Gasteiger partial charge < -0.3 is 4.57 Å². The summed E-state index contributed by atoms with van der Waals surface area (Å²) in [5.41, 5.74) is 4.22. The van der Waals surface area contributed by atoms with E-state index in [1.54, 1.807) is 44.7 Å². The van der Waals surface area contributed by atoms with Gasteiger partial charge in [0, 0.05) is 21.8 Å². The molecule has 0 saturated carbocycles. The highest BCUT2D eigenvalue weighted by molar-refractivity contribution is 7.99. The number of nitrogens with zero attached hydrogens (tertiary/aromatic N) is 3. The summed E-state index contributed by atoms with van der Waals surface area (Å²) in [6.45, 7) is 5.95. The van der Waals surface area contributed by atoms with Crippen LogP contribution >= 0.6 is 23.1 Å². The molecule has 0 fully saturated rings. The number of Topliss-reactive ketones (excluding diaryl/α,β-unsaturated/α-hetero) is 1. The van der Waals surface area contributed by atoms with Crippen LogP contribution in [0.2, 0.25) is 0 Å². The Hall–Kier alpha value is -3.49. The number of benzene rings is 2. The molecule has 0 radical (unpaired) electrons. The Labute approximate surface area is 234 Å². The number of rotatable bonds is 6.